The summed E-state index contributed by atoms with van der Waals surface area (Å²) in [5, 5.41) is 13.1. The van der Waals surface area contributed by atoms with Crippen LogP contribution in [-0.4, -0.2) is 41.0 Å². The first-order chi connectivity index (χ1) is 14.9. The van der Waals surface area contributed by atoms with E-state index in [1.165, 1.54) is 19.8 Å². The number of carbonyl (C=O) groups excluding carboxylic acids is 2. The zero-order valence-corrected chi connectivity index (χ0v) is 17.5. The lowest BCUT2D eigenvalue weighted by Crippen LogP contribution is -2.21. The molecule has 162 valence electrons. The molecule has 3 rings (SSSR count). The molecule has 4 N–H and O–H groups in total. The van der Waals surface area contributed by atoms with E-state index < -0.39 is 5.91 Å². The van der Waals surface area contributed by atoms with E-state index in [4.69, 9.17) is 15.2 Å². The van der Waals surface area contributed by atoms with Gasteiger partial charge in [0.1, 0.15) is 18.0 Å². The molecule has 0 bridgehead atoms. The summed E-state index contributed by atoms with van der Waals surface area (Å²) in [5.41, 5.74) is 8.16. The van der Waals surface area contributed by atoms with Crippen molar-refractivity contribution >= 4 is 29.0 Å². The molecule has 0 fully saturated rings. The highest BCUT2D eigenvalue weighted by molar-refractivity contribution is 6.06. The molecule has 0 aliphatic carbocycles. The van der Waals surface area contributed by atoms with Crippen molar-refractivity contribution in [2.24, 2.45) is 0 Å². The normalized spacial score (nSPS) is 10.4. The van der Waals surface area contributed by atoms with E-state index in [0.29, 0.717) is 22.9 Å². The van der Waals surface area contributed by atoms with Gasteiger partial charge in [-0.2, -0.15) is 0 Å². The van der Waals surface area contributed by atoms with Crippen LogP contribution in [0, 0.1) is 0 Å². The Balaban J connectivity index is 1.67. The van der Waals surface area contributed by atoms with E-state index in [2.05, 4.69) is 27.9 Å². The topological polar surface area (TPSA) is 133 Å². The van der Waals surface area contributed by atoms with Crippen molar-refractivity contribution in [2.45, 2.75) is 19.9 Å². The van der Waals surface area contributed by atoms with Gasteiger partial charge in [0.15, 0.2) is 11.5 Å². The van der Waals surface area contributed by atoms with Crippen LogP contribution in [0.5, 0.6) is 11.5 Å². The number of hydrogen-bond acceptors (Lipinski definition) is 7. The number of rotatable bonds is 8. The zero-order valence-electron chi connectivity index (χ0n) is 17.5. The van der Waals surface area contributed by atoms with Crippen molar-refractivity contribution < 1.29 is 19.1 Å². The molecule has 3 aromatic rings. The van der Waals surface area contributed by atoms with Gasteiger partial charge in [-0.05, 0) is 24.1 Å². The number of ether oxygens (including phenoxy) is 2. The molecule has 0 aliphatic rings. The number of nitrogens with zero attached hydrogens (tertiary/aromatic N) is 3. The molecule has 2 amide bonds. The van der Waals surface area contributed by atoms with E-state index in [-0.39, 0.29) is 24.0 Å². The highest BCUT2D eigenvalue weighted by atomic mass is 16.5. The third-order valence-electron chi connectivity index (χ3n) is 4.54. The average Bonchev–Trinajstić information content (AvgIpc) is 3.13. The molecule has 10 nitrogen and oxygen atoms in total. The first-order valence-electron chi connectivity index (χ1n) is 9.55. The Morgan fingerprint density at radius 1 is 1.00 bits per heavy atom. The predicted octanol–water partition coefficient (Wildman–Crippen LogP) is 2.33. The maximum absolute atomic E-state index is 12.6. The van der Waals surface area contributed by atoms with Gasteiger partial charge >= 0.3 is 0 Å². The van der Waals surface area contributed by atoms with Crippen LogP contribution < -0.4 is 25.8 Å². The highest BCUT2D eigenvalue weighted by Gasteiger charge is 2.19. The van der Waals surface area contributed by atoms with E-state index in [0.717, 1.165) is 11.1 Å². The Hall–Kier alpha value is -4.08. The van der Waals surface area contributed by atoms with Crippen molar-refractivity contribution in [3.8, 4) is 11.5 Å². The molecule has 0 aliphatic heterocycles. The Morgan fingerprint density at radius 2 is 1.65 bits per heavy atom. The van der Waals surface area contributed by atoms with Gasteiger partial charge in [0, 0.05) is 29.6 Å². The number of aromatic nitrogens is 3. The fourth-order valence-electron chi connectivity index (χ4n) is 2.83. The summed E-state index contributed by atoms with van der Waals surface area (Å²) in [5.74, 6) is 0.0774. The summed E-state index contributed by atoms with van der Waals surface area (Å²) >= 11 is 0. The average molecular weight is 424 g/mol. The Bertz CT molecular complexity index is 1060. The molecule has 0 saturated carbocycles. The molecule has 31 heavy (non-hydrogen) atoms. The van der Waals surface area contributed by atoms with E-state index in [9.17, 15) is 9.59 Å². The summed E-state index contributed by atoms with van der Waals surface area (Å²) in [6.45, 7) is 1.87. The summed E-state index contributed by atoms with van der Waals surface area (Å²) in [7, 11) is 3.01. The summed E-state index contributed by atoms with van der Waals surface area (Å²) in [4.78, 5) is 24.9. The number of carbonyl (C=O) groups is 2. The summed E-state index contributed by atoms with van der Waals surface area (Å²) in [6, 6.07) is 12.4. The highest BCUT2D eigenvalue weighted by Crippen LogP contribution is 2.26. The fraction of sp³-hybridized carbons (Fsp3) is 0.238. The molecule has 0 unspecified atom stereocenters. The van der Waals surface area contributed by atoms with E-state index in [1.54, 1.807) is 18.2 Å². The molecular formula is C21H24N6O4. The van der Waals surface area contributed by atoms with Gasteiger partial charge in [0.25, 0.3) is 5.91 Å². The van der Waals surface area contributed by atoms with Crippen molar-refractivity contribution in [1.82, 2.24) is 15.0 Å². The lowest BCUT2D eigenvalue weighted by Gasteiger charge is -2.09. The molecule has 0 spiro atoms. The fourth-order valence-corrected chi connectivity index (χ4v) is 2.83. The second kappa shape index (κ2) is 9.61. The minimum atomic E-state index is -0.574. The lowest BCUT2D eigenvalue weighted by atomic mass is 10.1. The van der Waals surface area contributed by atoms with Crippen molar-refractivity contribution in [3.63, 3.8) is 0 Å². The summed E-state index contributed by atoms with van der Waals surface area (Å²) < 4.78 is 11.5. The van der Waals surface area contributed by atoms with E-state index >= 15 is 0 Å². The lowest BCUT2D eigenvalue weighted by molar-refractivity contribution is -0.116. The molecule has 10 heteroatoms. The van der Waals surface area contributed by atoms with Gasteiger partial charge in [-0.15, -0.1) is 5.10 Å². The van der Waals surface area contributed by atoms with Crippen LogP contribution in [0.25, 0.3) is 0 Å². The Kier molecular flexibility index (Phi) is 6.71. The first-order valence-corrected chi connectivity index (χ1v) is 9.55. The van der Waals surface area contributed by atoms with Gasteiger partial charge in [0.05, 0.1) is 14.2 Å². The number of methoxy groups -OCH3 is 2. The van der Waals surface area contributed by atoms with Gasteiger partial charge < -0.3 is 25.8 Å². The van der Waals surface area contributed by atoms with Gasteiger partial charge in [0.2, 0.25) is 5.91 Å². The maximum atomic E-state index is 12.6. The molecule has 1 aromatic heterocycles. The Morgan fingerprint density at radius 3 is 2.23 bits per heavy atom. The van der Waals surface area contributed by atoms with Gasteiger partial charge in [-0.25, -0.2) is 4.68 Å². The largest absolute Gasteiger partial charge is 0.497 e. The van der Waals surface area contributed by atoms with Crippen molar-refractivity contribution in [2.75, 3.05) is 30.6 Å². The molecule has 2 aromatic carbocycles. The molecule has 1 heterocycles. The summed E-state index contributed by atoms with van der Waals surface area (Å²) in [6.07, 6.45) is 0.914. The molecular weight excluding hydrogens is 400 g/mol. The van der Waals surface area contributed by atoms with Gasteiger partial charge in [-0.3, -0.25) is 9.59 Å². The number of nitrogens with one attached hydrogen (secondary N) is 2. The Labute approximate surface area is 179 Å². The van der Waals surface area contributed by atoms with Crippen LogP contribution in [0.3, 0.4) is 0 Å². The smallest absolute Gasteiger partial charge is 0.280 e. The number of nitrogens with two attached hydrogens (primary N) is 1. The van der Waals surface area contributed by atoms with Crippen LogP contribution in [0.2, 0.25) is 0 Å². The van der Waals surface area contributed by atoms with Crippen LogP contribution in [-0.2, 0) is 17.8 Å². The quantitative estimate of drug-likeness (QED) is 0.505. The predicted molar refractivity (Wildman–Crippen MR) is 116 cm³/mol. The zero-order chi connectivity index (χ0) is 22.4. The van der Waals surface area contributed by atoms with Crippen molar-refractivity contribution in [3.05, 3.63) is 53.7 Å². The van der Waals surface area contributed by atoms with Gasteiger partial charge in [-0.1, -0.05) is 24.3 Å². The van der Waals surface area contributed by atoms with Crippen LogP contribution in [0.15, 0.2) is 42.5 Å². The maximum Gasteiger partial charge on any atom is 0.280 e. The second-order valence-corrected chi connectivity index (χ2v) is 6.64. The number of nitrogen functional groups attached to an aromatic ring is 1. The second-order valence-electron chi connectivity index (χ2n) is 6.64. The number of aryl methyl sites for hydroxylation is 1. The molecule has 0 radical (unpaired) electrons. The van der Waals surface area contributed by atoms with Crippen LogP contribution in [0.1, 0.15) is 23.0 Å². The third-order valence-corrected chi connectivity index (χ3v) is 4.54. The third kappa shape index (κ3) is 5.30. The minimum Gasteiger partial charge on any atom is -0.497 e. The molecule has 0 saturated heterocycles. The number of anilines is 3. The van der Waals surface area contributed by atoms with Crippen molar-refractivity contribution in [1.29, 1.82) is 0 Å². The van der Waals surface area contributed by atoms with E-state index in [1.807, 2.05) is 24.3 Å². The molecule has 0 atom stereocenters. The number of hydrogen-bond donors (Lipinski definition) is 3. The monoisotopic (exact) mass is 424 g/mol. The first kappa shape index (κ1) is 21.6. The standard InChI is InChI=1S/C21H24N6O4/c1-4-13-5-7-14(8-6-13)23-18(28)12-27-20(22)19(25-26-27)21(29)24-15-9-16(30-2)11-17(10-15)31-3/h5-11H,4,12,22H2,1-3H3,(H,23,28)(H,24,29). The number of amides is 2. The SMILES string of the molecule is CCc1ccc(NC(=O)Cn2nnc(C(=O)Nc3cc(OC)cc(OC)c3)c2N)cc1. The number of benzene rings is 2. The van der Waals surface area contributed by atoms with Crippen LogP contribution >= 0.6 is 0 Å². The van der Waals surface area contributed by atoms with Crippen LogP contribution in [0.4, 0.5) is 17.2 Å². The minimum absolute atomic E-state index is 0.0242.